The third-order valence-electron chi connectivity index (χ3n) is 3.37. The van der Waals surface area contributed by atoms with E-state index in [4.69, 9.17) is 9.84 Å². The molecule has 0 spiro atoms. The van der Waals surface area contributed by atoms with Gasteiger partial charge in [-0.1, -0.05) is 0 Å². The van der Waals surface area contributed by atoms with Crippen LogP contribution in [-0.2, 0) is 4.74 Å². The molecule has 1 rings (SSSR count). The van der Waals surface area contributed by atoms with Crippen LogP contribution in [0.3, 0.4) is 0 Å². The molecule has 0 bridgehead atoms. The predicted octanol–water partition coefficient (Wildman–Crippen LogP) is 2.00. The normalized spacial score (nSPS) is 20.0. The SMILES string of the molecule is CC(C)(C)OC(=O)N1CCCC(CNCCCCO)C1. The van der Waals surface area contributed by atoms with Gasteiger partial charge in [-0.25, -0.2) is 4.79 Å². The van der Waals surface area contributed by atoms with Gasteiger partial charge in [0, 0.05) is 19.7 Å². The van der Waals surface area contributed by atoms with Crippen molar-refractivity contribution in [1.29, 1.82) is 0 Å². The Labute approximate surface area is 122 Å². The topological polar surface area (TPSA) is 61.8 Å². The molecule has 1 atom stereocenters. The molecule has 1 amide bonds. The largest absolute Gasteiger partial charge is 0.444 e. The molecule has 0 saturated carbocycles. The molecule has 1 fully saturated rings. The highest BCUT2D eigenvalue weighted by atomic mass is 16.6. The Balaban J connectivity index is 2.26. The van der Waals surface area contributed by atoms with Gasteiger partial charge in [-0.2, -0.15) is 0 Å². The van der Waals surface area contributed by atoms with Crippen molar-refractivity contribution >= 4 is 6.09 Å². The van der Waals surface area contributed by atoms with E-state index in [0.717, 1.165) is 51.9 Å². The molecule has 1 heterocycles. The first-order chi connectivity index (χ1) is 9.42. The number of hydrogen-bond acceptors (Lipinski definition) is 4. The molecule has 0 aromatic rings. The number of hydrogen-bond donors (Lipinski definition) is 2. The molecule has 1 unspecified atom stereocenters. The van der Waals surface area contributed by atoms with Crippen molar-refractivity contribution in [3.8, 4) is 0 Å². The first-order valence-corrected chi connectivity index (χ1v) is 7.72. The summed E-state index contributed by atoms with van der Waals surface area (Å²) in [6.07, 6.45) is 3.86. The molecule has 20 heavy (non-hydrogen) atoms. The van der Waals surface area contributed by atoms with Crippen molar-refractivity contribution in [2.24, 2.45) is 5.92 Å². The Kier molecular flexibility index (Phi) is 7.30. The second kappa shape index (κ2) is 8.47. The summed E-state index contributed by atoms with van der Waals surface area (Å²) < 4.78 is 5.42. The van der Waals surface area contributed by atoms with Gasteiger partial charge in [0.05, 0.1) is 0 Å². The number of amides is 1. The van der Waals surface area contributed by atoms with Gasteiger partial charge in [0.2, 0.25) is 0 Å². The van der Waals surface area contributed by atoms with Crippen molar-refractivity contribution in [1.82, 2.24) is 10.2 Å². The molecule has 0 aromatic heterocycles. The zero-order valence-corrected chi connectivity index (χ0v) is 13.2. The van der Waals surface area contributed by atoms with E-state index in [9.17, 15) is 4.79 Å². The Hall–Kier alpha value is -0.810. The number of nitrogens with one attached hydrogen (secondary N) is 1. The quantitative estimate of drug-likeness (QED) is 0.733. The Bertz CT molecular complexity index is 289. The predicted molar refractivity (Wildman–Crippen MR) is 79.7 cm³/mol. The van der Waals surface area contributed by atoms with Crippen LogP contribution in [-0.4, -0.2) is 54.5 Å². The molecule has 118 valence electrons. The van der Waals surface area contributed by atoms with E-state index in [2.05, 4.69) is 5.32 Å². The van der Waals surface area contributed by atoms with Gasteiger partial charge < -0.3 is 20.1 Å². The van der Waals surface area contributed by atoms with Crippen LogP contribution in [0.4, 0.5) is 4.79 Å². The van der Waals surface area contributed by atoms with Gasteiger partial charge in [-0.3, -0.25) is 0 Å². The van der Waals surface area contributed by atoms with Crippen molar-refractivity contribution in [2.45, 2.75) is 52.1 Å². The fraction of sp³-hybridized carbons (Fsp3) is 0.933. The highest BCUT2D eigenvalue weighted by Gasteiger charge is 2.27. The summed E-state index contributed by atoms with van der Waals surface area (Å²) in [6.45, 7) is 9.41. The Morgan fingerprint density at radius 3 is 2.80 bits per heavy atom. The van der Waals surface area contributed by atoms with E-state index in [0.29, 0.717) is 5.92 Å². The van der Waals surface area contributed by atoms with Crippen LogP contribution in [0, 0.1) is 5.92 Å². The lowest BCUT2D eigenvalue weighted by Crippen LogP contribution is -2.45. The van der Waals surface area contributed by atoms with Gasteiger partial charge >= 0.3 is 6.09 Å². The third-order valence-corrected chi connectivity index (χ3v) is 3.37. The van der Waals surface area contributed by atoms with E-state index in [1.165, 1.54) is 0 Å². The minimum absolute atomic E-state index is 0.192. The molecular weight excluding hydrogens is 256 g/mol. The first kappa shape index (κ1) is 17.2. The molecular formula is C15H30N2O3. The number of carbonyl (C=O) groups is 1. The maximum atomic E-state index is 12.0. The molecule has 5 nitrogen and oxygen atoms in total. The van der Waals surface area contributed by atoms with Gasteiger partial charge in [0.1, 0.15) is 5.60 Å². The number of rotatable bonds is 6. The van der Waals surface area contributed by atoms with Crippen LogP contribution < -0.4 is 5.32 Å². The van der Waals surface area contributed by atoms with Crippen LogP contribution >= 0.6 is 0 Å². The maximum absolute atomic E-state index is 12.0. The van der Waals surface area contributed by atoms with Crippen molar-refractivity contribution in [3.05, 3.63) is 0 Å². The summed E-state index contributed by atoms with van der Waals surface area (Å²) in [4.78, 5) is 13.9. The van der Waals surface area contributed by atoms with Crippen LogP contribution in [0.15, 0.2) is 0 Å². The van der Waals surface area contributed by atoms with Gasteiger partial charge in [-0.05, 0) is 65.5 Å². The highest BCUT2D eigenvalue weighted by Crippen LogP contribution is 2.18. The summed E-state index contributed by atoms with van der Waals surface area (Å²) in [5, 5.41) is 12.1. The number of carbonyl (C=O) groups excluding carboxylic acids is 1. The molecule has 1 aliphatic rings. The van der Waals surface area contributed by atoms with Crippen molar-refractivity contribution in [3.63, 3.8) is 0 Å². The average molecular weight is 286 g/mol. The molecule has 1 saturated heterocycles. The maximum Gasteiger partial charge on any atom is 0.410 e. The second-order valence-corrected chi connectivity index (χ2v) is 6.57. The minimum Gasteiger partial charge on any atom is -0.444 e. The number of nitrogens with zero attached hydrogens (tertiary/aromatic N) is 1. The zero-order valence-electron chi connectivity index (χ0n) is 13.2. The fourth-order valence-corrected chi connectivity index (χ4v) is 2.39. The molecule has 1 aliphatic heterocycles. The molecule has 2 N–H and O–H groups in total. The zero-order chi connectivity index (χ0) is 15.0. The minimum atomic E-state index is -0.424. The van der Waals surface area contributed by atoms with E-state index in [-0.39, 0.29) is 12.7 Å². The number of unbranched alkanes of at least 4 members (excludes halogenated alkanes) is 1. The van der Waals surface area contributed by atoms with Crippen LogP contribution in [0.25, 0.3) is 0 Å². The van der Waals surface area contributed by atoms with Crippen molar-refractivity contribution in [2.75, 3.05) is 32.8 Å². The number of aliphatic hydroxyl groups is 1. The van der Waals surface area contributed by atoms with E-state index < -0.39 is 5.60 Å². The lowest BCUT2D eigenvalue weighted by Gasteiger charge is -2.34. The molecule has 0 aromatic carbocycles. The lowest BCUT2D eigenvalue weighted by atomic mass is 9.98. The summed E-state index contributed by atoms with van der Waals surface area (Å²) in [7, 11) is 0. The monoisotopic (exact) mass is 286 g/mol. The highest BCUT2D eigenvalue weighted by molar-refractivity contribution is 5.68. The Morgan fingerprint density at radius 1 is 1.40 bits per heavy atom. The fourth-order valence-electron chi connectivity index (χ4n) is 2.39. The Morgan fingerprint density at radius 2 is 2.15 bits per heavy atom. The van der Waals surface area contributed by atoms with Crippen molar-refractivity contribution < 1.29 is 14.6 Å². The summed E-state index contributed by atoms with van der Waals surface area (Å²) >= 11 is 0. The number of aliphatic hydroxyl groups excluding tert-OH is 1. The van der Waals surface area contributed by atoms with E-state index in [1.54, 1.807) is 0 Å². The van der Waals surface area contributed by atoms with Gasteiger partial charge in [0.25, 0.3) is 0 Å². The smallest absolute Gasteiger partial charge is 0.410 e. The average Bonchev–Trinajstić information content (AvgIpc) is 2.37. The second-order valence-electron chi connectivity index (χ2n) is 6.57. The molecule has 0 radical (unpaired) electrons. The number of piperidine rings is 1. The van der Waals surface area contributed by atoms with Gasteiger partial charge in [-0.15, -0.1) is 0 Å². The van der Waals surface area contributed by atoms with Crippen LogP contribution in [0.1, 0.15) is 46.5 Å². The number of likely N-dealkylation sites (tertiary alicyclic amines) is 1. The van der Waals surface area contributed by atoms with E-state index >= 15 is 0 Å². The first-order valence-electron chi connectivity index (χ1n) is 7.72. The summed E-state index contributed by atoms with van der Waals surface area (Å²) in [5.74, 6) is 0.505. The molecule has 5 heteroatoms. The summed E-state index contributed by atoms with van der Waals surface area (Å²) in [5.41, 5.74) is -0.424. The third kappa shape index (κ3) is 7.10. The standard InChI is InChI=1S/C15H30N2O3/c1-15(2,3)20-14(19)17-9-6-7-13(12-17)11-16-8-4-5-10-18/h13,16,18H,4-12H2,1-3H3. The van der Waals surface area contributed by atoms with Crippen LogP contribution in [0.5, 0.6) is 0 Å². The lowest BCUT2D eigenvalue weighted by molar-refractivity contribution is 0.0166. The molecule has 0 aliphatic carbocycles. The van der Waals surface area contributed by atoms with Crippen LogP contribution in [0.2, 0.25) is 0 Å². The van der Waals surface area contributed by atoms with Gasteiger partial charge in [0.15, 0.2) is 0 Å². The summed E-state index contributed by atoms with van der Waals surface area (Å²) in [6, 6.07) is 0. The van der Waals surface area contributed by atoms with E-state index in [1.807, 2.05) is 25.7 Å². The number of ether oxygens (including phenoxy) is 1.